The van der Waals surface area contributed by atoms with Crippen LogP contribution in [0.3, 0.4) is 0 Å². The molecule has 1 atom stereocenters. The van der Waals surface area contributed by atoms with Crippen LogP contribution in [0.2, 0.25) is 0 Å². The Morgan fingerprint density at radius 1 is 1.30 bits per heavy atom. The van der Waals surface area contributed by atoms with Crippen LogP contribution in [0.4, 0.5) is 0 Å². The van der Waals surface area contributed by atoms with E-state index in [2.05, 4.69) is 54.1 Å². The molecular weight excluding hydrogens is 300 g/mol. The van der Waals surface area contributed by atoms with Gasteiger partial charge in [0.2, 0.25) is 0 Å². The summed E-state index contributed by atoms with van der Waals surface area (Å²) >= 11 is 2.05. The van der Waals surface area contributed by atoms with Gasteiger partial charge in [-0.25, -0.2) is 0 Å². The van der Waals surface area contributed by atoms with Gasteiger partial charge in [-0.05, 0) is 62.7 Å². The van der Waals surface area contributed by atoms with Crippen LogP contribution in [0.5, 0.6) is 0 Å². The number of allylic oxidation sites excluding steroid dienone is 4. The summed E-state index contributed by atoms with van der Waals surface area (Å²) in [5.41, 5.74) is 0. The molecule has 0 radical (unpaired) electrons. The van der Waals surface area contributed by atoms with E-state index in [1.165, 1.54) is 63.7 Å². The molecule has 23 heavy (non-hydrogen) atoms. The van der Waals surface area contributed by atoms with Crippen molar-refractivity contribution in [2.45, 2.75) is 77.3 Å². The van der Waals surface area contributed by atoms with Gasteiger partial charge < -0.3 is 5.32 Å². The van der Waals surface area contributed by atoms with Crippen molar-refractivity contribution in [1.29, 1.82) is 0 Å². The highest BCUT2D eigenvalue weighted by Crippen LogP contribution is 2.26. The summed E-state index contributed by atoms with van der Waals surface area (Å²) in [5.74, 6) is 1.25. The molecule has 2 nitrogen and oxygen atoms in total. The molecule has 132 valence electrons. The van der Waals surface area contributed by atoms with E-state index in [1.54, 1.807) is 4.91 Å². The smallest absolute Gasteiger partial charge is 0.0113 e. The Hall–Kier alpha value is -0.250. The lowest BCUT2D eigenvalue weighted by Crippen LogP contribution is -2.44. The maximum Gasteiger partial charge on any atom is 0.0113 e. The molecule has 0 aromatic heterocycles. The van der Waals surface area contributed by atoms with Gasteiger partial charge in [0.15, 0.2) is 0 Å². The van der Waals surface area contributed by atoms with Crippen molar-refractivity contribution in [3.05, 3.63) is 23.1 Å². The summed E-state index contributed by atoms with van der Waals surface area (Å²) in [6.45, 7) is 8.27. The van der Waals surface area contributed by atoms with E-state index in [0.29, 0.717) is 0 Å². The second-order valence-corrected chi connectivity index (χ2v) is 8.21. The number of nitrogens with one attached hydrogen (secondary N) is 1. The molecule has 0 aromatic carbocycles. The predicted molar refractivity (Wildman–Crippen MR) is 105 cm³/mol. The summed E-state index contributed by atoms with van der Waals surface area (Å²) in [6, 6.07) is 1.59. The van der Waals surface area contributed by atoms with Crippen LogP contribution < -0.4 is 5.32 Å². The van der Waals surface area contributed by atoms with Gasteiger partial charge in [0.05, 0.1) is 0 Å². The summed E-state index contributed by atoms with van der Waals surface area (Å²) in [5, 5.41) is 3.67. The molecule has 0 heterocycles. The van der Waals surface area contributed by atoms with Crippen molar-refractivity contribution < 1.29 is 0 Å². The first-order valence-corrected chi connectivity index (χ1v) is 10.7. The van der Waals surface area contributed by atoms with Crippen LogP contribution in [0.25, 0.3) is 0 Å². The minimum atomic E-state index is 0.738. The lowest BCUT2D eigenvalue weighted by Gasteiger charge is -2.34. The Labute approximate surface area is 148 Å². The van der Waals surface area contributed by atoms with E-state index < -0.39 is 0 Å². The Bertz CT molecular complexity index is 372. The number of rotatable bonds is 11. The van der Waals surface area contributed by atoms with Crippen molar-refractivity contribution in [3.63, 3.8) is 0 Å². The highest BCUT2D eigenvalue weighted by atomic mass is 32.2. The van der Waals surface area contributed by atoms with Crippen LogP contribution in [-0.4, -0.2) is 42.4 Å². The Morgan fingerprint density at radius 2 is 2.13 bits per heavy atom. The SMILES string of the molecule is CCC(C)N(CCNCCCSC1=CC=CCC1)C1CCCC1. The third-order valence-corrected chi connectivity index (χ3v) is 6.46. The molecule has 1 N–H and O–H groups in total. The normalized spacial score (nSPS) is 20.2. The number of hydrogen-bond donors (Lipinski definition) is 1. The van der Waals surface area contributed by atoms with E-state index in [9.17, 15) is 0 Å². The van der Waals surface area contributed by atoms with E-state index in [4.69, 9.17) is 0 Å². The van der Waals surface area contributed by atoms with E-state index >= 15 is 0 Å². The molecule has 0 saturated heterocycles. The maximum absolute atomic E-state index is 3.67. The summed E-state index contributed by atoms with van der Waals surface area (Å²) in [6.07, 6.45) is 17.5. The monoisotopic (exact) mass is 336 g/mol. The lowest BCUT2D eigenvalue weighted by molar-refractivity contribution is 0.142. The van der Waals surface area contributed by atoms with Gasteiger partial charge in [-0.2, -0.15) is 0 Å². The van der Waals surface area contributed by atoms with Gasteiger partial charge in [0.25, 0.3) is 0 Å². The molecule has 0 bridgehead atoms. The van der Waals surface area contributed by atoms with Gasteiger partial charge in [-0.3, -0.25) is 4.90 Å². The van der Waals surface area contributed by atoms with Crippen LogP contribution >= 0.6 is 11.8 Å². The number of nitrogens with zero attached hydrogens (tertiary/aromatic N) is 1. The number of thioether (sulfide) groups is 1. The highest BCUT2D eigenvalue weighted by molar-refractivity contribution is 8.03. The first kappa shape index (κ1) is 19.1. The fourth-order valence-corrected chi connectivity index (χ4v) is 4.66. The van der Waals surface area contributed by atoms with Crippen molar-refractivity contribution in [2.24, 2.45) is 0 Å². The van der Waals surface area contributed by atoms with Gasteiger partial charge in [0.1, 0.15) is 0 Å². The number of hydrogen-bond acceptors (Lipinski definition) is 3. The zero-order valence-electron chi connectivity index (χ0n) is 15.2. The summed E-state index contributed by atoms with van der Waals surface area (Å²) < 4.78 is 0. The van der Waals surface area contributed by atoms with Gasteiger partial charge in [0, 0.05) is 25.2 Å². The molecule has 2 aliphatic rings. The molecule has 1 unspecified atom stereocenters. The van der Waals surface area contributed by atoms with Crippen molar-refractivity contribution in [2.75, 3.05) is 25.4 Å². The van der Waals surface area contributed by atoms with Crippen LogP contribution in [-0.2, 0) is 0 Å². The Morgan fingerprint density at radius 3 is 2.83 bits per heavy atom. The molecule has 1 saturated carbocycles. The predicted octanol–water partition coefficient (Wildman–Crippen LogP) is 4.98. The summed E-state index contributed by atoms with van der Waals surface area (Å²) in [4.78, 5) is 4.34. The topological polar surface area (TPSA) is 15.3 Å². The highest BCUT2D eigenvalue weighted by Gasteiger charge is 2.24. The third kappa shape index (κ3) is 7.03. The largest absolute Gasteiger partial charge is 0.315 e. The zero-order valence-corrected chi connectivity index (χ0v) is 16.0. The summed E-state index contributed by atoms with van der Waals surface area (Å²) in [7, 11) is 0. The molecule has 0 spiro atoms. The second kappa shape index (κ2) is 11.3. The zero-order chi connectivity index (χ0) is 16.3. The molecule has 2 aliphatic carbocycles. The molecular formula is C20H36N2S. The van der Waals surface area contributed by atoms with Gasteiger partial charge in [-0.1, -0.05) is 38.0 Å². The molecule has 0 aliphatic heterocycles. The van der Waals surface area contributed by atoms with E-state index in [-0.39, 0.29) is 0 Å². The lowest BCUT2D eigenvalue weighted by atomic mass is 10.1. The second-order valence-electron chi connectivity index (χ2n) is 6.99. The van der Waals surface area contributed by atoms with E-state index in [1.807, 2.05) is 0 Å². The Kier molecular flexibility index (Phi) is 9.40. The van der Waals surface area contributed by atoms with Crippen molar-refractivity contribution in [3.8, 4) is 0 Å². The third-order valence-electron chi connectivity index (χ3n) is 5.26. The van der Waals surface area contributed by atoms with Crippen molar-refractivity contribution in [1.82, 2.24) is 10.2 Å². The van der Waals surface area contributed by atoms with Gasteiger partial charge in [-0.15, -0.1) is 11.8 Å². The molecule has 3 heteroatoms. The average molecular weight is 337 g/mol. The fourth-order valence-electron chi connectivity index (χ4n) is 3.67. The minimum Gasteiger partial charge on any atom is -0.315 e. The molecule has 0 aromatic rings. The average Bonchev–Trinajstić information content (AvgIpc) is 3.12. The van der Waals surface area contributed by atoms with Gasteiger partial charge >= 0.3 is 0 Å². The maximum atomic E-state index is 3.67. The quantitative estimate of drug-likeness (QED) is 0.536. The first-order chi connectivity index (χ1) is 11.3. The molecule has 2 rings (SSSR count). The van der Waals surface area contributed by atoms with Crippen LogP contribution in [0.15, 0.2) is 23.1 Å². The van der Waals surface area contributed by atoms with Crippen LogP contribution in [0.1, 0.15) is 65.2 Å². The molecule has 1 fully saturated rings. The standard InChI is InChI=1S/C20H36N2S/c1-3-18(2)22(19-10-7-8-11-19)16-15-21-14-9-17-23-20-12-5-4-6-13-20/h4-5,12,18-19,21H,3,6-11,13-17H2,1-2H3. The first-order valence-electron chi connectivity index (χ1n) is 9.76. The fraction of sp³-hybridized carbons (Fsp3) is 0.800. The van der Waals surface area contributed by atoms with Crippen LogP contribution in [0, 0.1) is 0 Å². The Balaban J connectivity index is 1.54. The van der Waals surface area contributed by atoms with Crippen molar-refractivity contribution >= 4 is 11.8 Å². The minimum absolute atomic E-state index is 0.738. The van der Waals surface area contributed by atoms with E-state index in [0.717, 1.165) is 25.2 Å². The molecule has 0 amide bonds.